The first kappa shape index (κ1) is 31.3. The number of hydrogen-bond acceptors (Lipinski definition) is 4. The molecule has 0 saturated carbocycles. The van der Waals surface area contributed by atoms with Crippen LogP contribution in [0.2, 0.25) is 0 Å². The number of rotatable bonds is 18. The molecular formula is C32H54N2O3. The van der Waals surface area contributed by atoms with E-state index >= 15 is 0 Å². The summed E-state index contributed by atoms with van der Waals surface area (Å²) >= 11 is 0. The molecule has 1 saturated heterocycles. The van der Waals surface area contributed by atoms with Crippen LogP contribution in [-0.4, -0.2) is 61.5 Å². The smallest absolute Gasteiger partial charge is 0.339 e. The van der Waals surface area contributed by atoms with Crippen molar-refractivity contribution in [3.63, 3.8) is 0 Å². The largest absolute Gasteiger partial charge is 0.462 e. The van der Waals surface area contributed by atoms with Crippen LogP contribution >= 0.6 is 0 Å². The highest BCUT2D eigenvalue weighted by Gasteiger charge is 2.28. The lowest BCUT2D eigenvalue weighted by atomic mass is 9.96. The Morgan fingerprint density at radius 3 is 1.59 bits per heavy atom. The minimum atomic E-state index is -0.357. The number of piperazine rings is 1. The topological polar surface area (TPSA) is 49.9 Å². The molecule has 1 aromatic carbocycles. The fourth-order valence-corrected chi connectivity index (χ4v) is 5.23. The molecule has 37 heavy (non-hydrogen) atoms. The number of benzene rings is 1. The first-order chi connectivity index (χ1) is 18.0. The average molecular weight is 515 g/mol. The Kier molecular flexibility index (Phi) is 15.6. The Balaban J connectivity index is 1.61. The molecule has 1 heterocycles. The van der Waals surface area contributed by atoms with E-state index in [4.69, 9.17) is 4.74 Å². The lowest BCUT2D eigenvalue weighted by Crippen LogP contribution is -2.47. The third-order valence-electron chi connectivity index (χ3n) is 7.81. The summed E-state index contributed by atoms with van der Waals surface area (Å²) in [5, 5.41) is 0. The molecule has 1 amide bonds. The maximum Gasteiger partial charge on any atom is 0.339 e. The fourth-order valence-electron chi connectivity index (χ4n) is 5.23. The number of aryl methyl sites for hydroxylation is 2. The molecule has 2 rings (SSSR count). The molecule has 5 nitrogen and oxygen atoms in total. The van der Waals surface area contributed by atoms with E-state index in [1.165, 1.54) is 83.5 Å². The van der Waals surface area contributed by atoms with Crippen molar-refractivity contribution >= 4 is 11.9 Å². The van der Waals surface area contributed by atoms with Gasteiger partial charge in [0.05, 0.1) is 17.7 Å². The number of nitrogens with zero attached hydrogens (tertiary/aromatic N) is 2. The highest BCUT2D eigenvalue weighted by molar-refractivity contribution is 6.07. The zero-order valence-electron chi connectivity index (χ0n) is 24.4. The van der Waals surface area contributed by atoms with E-state index in [0.717, 1.165) is 37.1 Å². The van der Waals surface area contributed by atoms with Crippen molar-refractivity contribution in [2.75, 3.05) is 39.8 Å². The van der Waals surface area contributed by atoms with Gasteiger partial charge in [-0.25, -0.2) is 4.79 Å². The van der Waals surface area contributed by atoms with Gasteiger partial charge in [0.25, 0.3) is 5.91 Å². The second kappa shape index (κ2) is 18.4. The van der Waals surface area contributed by atoms with Gasteiger partial charge in [-0.1, -0.05) is 109 Å². The third-order valence-corrected chi connectivity index (χ3v) is 7.81. The summed E-state index contributed by atoms with van der Waals surface area (Å²) in [6.07, 6.45) is 19.7. The summed E-state index contributed by atoms with van der Waals surface area (Å²) in [6, 6.07) is 3.85. The molecule has 0 bridgehead atoms. The van der Waals surface area contributed by atoms with E-state index in [2.05, 4.69) is 18.9 Å². The van der Waals surface area contributed by atoms with Crippen molar-refractivity contribution in [3.05, 3.63) is 34.4 Å². The Hall–Kier alpha value is -1.88. The monoisotopic (exact) mass is 514 g/mol. The molecule has 0 aliphatic carbocycles. The van der Waals surface area contributed by atoms with Gasteiger partial charge in [0.2, 0.25) is 0 Å². The molecular weight excluding hydrogens is 460 g/mol. The van der Waals surface area contributed by atoms with Crippen LogP contribution in [0.5, 0.6) is 0 Å². The molecule has 0 radical (unpaired) electrons. The van der Waals surface area contributed by atoms with Crippen LogP contribution in [-0.2, 0) is 4.74 Å². The second-order valence-corrected chi connectivity index (χ2v) is 11.1. The van der Waals surface area contributed by atoms with Crippen molar-refractivity contribution in [1.82, 2.24) is 9.80 Å². The fraction of sp³-hybridized carbons (Fsp3) is 0.750. The van der Waals surface area contributed by atoms with Crippen molar-refractivity contribution in [2.24, 2.45) is 0 Å². The van der Waals surface area contributed by atoms with Crippen molar-refractivity contribution in [3.8, 4) is 0 Å². The van der Waals surface area contributed by atoms with Crippen LogP contribution in [0.1, 0.15) is 135 Å². The van der Waals surface area contributed by atoms with Gasteiger partial charge in [-0.05, 0) is 38.4 Å². The molecule has 1 aliphatic heterocycles. The summed E-state index contributed by atoms with van der Waals surface area (Å²) in [6.45, 7) is 9.60. The lowest BCUT2D eigenvalue weighted by Gasteiger charge is -2.33. The van der Waals surface area contributed by atoms with E-state index in [1.807, 2.05) is 30.9 Å². The maximum atomic E-state index is 13.3. The normalized spacial score (nSPS) is 14.2. The number of amides is 1. The van der Waals surface area contributed by atoms with E-state index in [1.54, 1.807) is 0 Å². The Morgan fingerprint density at radius 1 is 0.676 bits per heavy atom. The molecule has 5 heteroatoms. The zero-order valence-corrected chi connectivity index (χ0v) is 24.4. The Morgan fingerprint density at radius 2 is 1.11 bits per heavy atom. The summed E-state index contributed by atoms with van der Waals surface area (Å²) in [5.41, 5.74) is 2.62. The summed E-state index contributed by atoms with van der Waals surface area (Å²) in [4.78, 5) is 30.4. The van der Waals surface area contributed by atoms with Crippen molar-refractivity contribution < 1.29 is 14.3 Å². The molecule has 1 fully saturated rings. The Bertz CT molecular complexity index is 799. The maximum absolute atomic E-state index is 13.3. The summed E-state index contributed by atoms with van der Waals surface area (Å²) < 4.78 is 5.65. The average Bonchev–Trinajstić information content (AvgIpc) is 2.89. The summed E-state index contributed by atoms with van der Waals surface area (Å²) in [5.74, 6) is -0.405. The van der Waals surface area contributed by atoms with Crippen LogP contribution in [0.3, 0.4) is 0 Å². The predicted octanol–water partition coefficient (Wildman–Crippen LogP) is 7.72. The number of likely N-dealkylation sites (N-methyl/N-ethyl adjacent to an activating group) is 1. The number of hydrogen-bond donors (Lipinski definition) is 0. The van der Waals surface area contributed by atoms with Gasteiger partial charge in [-0.15, -0.1) is 0 Å². The minimum absolute atomic E-state index is 0.0479. The molecule has 1 aliphatic rings. The van der Waals surface area contributed by atoms with Gasteiger partial charge in [0, 0.05) is 26.2 Å². The SMILES string of the molecule is CCCCCCCCCCCCCCCCCOC(=O)c1c(C)ccc(C)c1C(=O)N1CCN(C)CC1. The van der Waals surface area contributed by atoms with Crippen LogP contribution in [0, 0.1) is 13.8 Å². The van der Waals surface area contributed by atoms with Crippen molar-refractivity contribution in [2.45, 2.75) is 117 Å². The molecule has 1 aromatic rings. The van der Waals surface area contributed by atoms with Gasteiger partial charge in [-0.2, -0.15) is 0 Å². The molecule has 0 spiro atoms. The van der Waals surface area contributed by atoms with Gasteiger partial charge >= 0.3 is 5.97 Å². The second-order valence-electron chi connectivity index (χ2n) is 11.1. The van der Waals surface area contributed by atoms with E-state index in [-0.39, 0.29) is 11.9 Å². The number of ether oxygens (including phenoxy) is 1. The zero-order chi connectivity index (χ0) is 26.9. The van der Waals surface area contributed by atoms with Crippen LogP contribution in [0.15, 0.2) is 12.1 Å². The number of esters is 1. The summed E-state index contributed by atoms with van der Waals surface area (Å²) in [7, 11) is 2.07. The first-order valence-electron chi connectivity index (χ1n) is 15.2. The van der Waals surface area contributed by atoms with Gasteiger partial charge in [-0.3, -0.25) is 4.79 Å². The molecule has 0 aromatic heterocycles. The number of carbonyl (C=O) groups is 2. The van der Waals surface area contributed by atoms with E-state index < -0.39 is 0 Å². The van der Waals surface area contributed by atoms with Crippen LogP contribution in [0.25, 0.3) is 0 Å². The lowest BCUT2D eigenvalue weighted by molar-refractivity contribution is 0.0486. The van der Waals surface area contributed by atoms with Gasteiger partial charge in [0.1, 0.15) is 0 Å². The van der Waals surface area contributed by atoms with Crippen LogP contribution in [0.4, 0.5) is 0 Å². The minimum Gasteiger partial charge on any atom is -0.462 e. The third kappa shape index (κ3) is 11.6. The highest BCUT2D eigenvalue weighted by atomic mass is 16.5. The predicted molar refractivity (Wildman–Crippen MR) is 155 cm³/mol. The number of unbranched alkanes of at least 4 members (excludes halogenated alkanes) is 14. The standard InChI is InChI=1S/C32H54N2O3/c1-5-6-7-8-9-10-11-12-13-14-15-16-17-18-19-26-37-32(36)30-28(3)21-20-27(2)29(30)31(35)34-24-22-33(4)23-25-34/h20-21H,5-19,22-26H2,1-4H3. The molecule has 210 valence electrons. The van der Waals surface area contributed by atoms with E-state index in [0.29, 0.717) is 30.8 Å². The number of carbonyl (C=O) groups excluding carboxylic acids is 2. The molecule has 0 unspecified atom stereocenters. The van der Waals surface area contributed by atoms with Crippen LogP contribution < -0.4 is 0 Å². The van der Waals surface area contributed by atoms with Gasteiger partial charge in [0.15, 0.2) is 0 Å². The molecule has 0 N–H and O–H groups in total. The van der Waals surface area contributed by atoms with E-state index in [9.17, 15) is 9.59 Å². The highest BCUT2D eigenvalue weighted by Crippen LogP contribution is 2.23. The quantitative estimate of drug-likeness (QED) is 0.149. The molecule has 0 atom stereocenters. The van der Waals surface area contributed by atoms with Gasteiger partial charge < -0.3 is 14.5 Å². The first-order valence-corrected chi connectivity index (χ1v) is 15.2. The Labute approximate surface area is 227 Å². The van der Waals surface area contributed by atoms with Crippen molar-refractivity contribution in [1.29, 1.82) is 0 Å².